The summed E-state index contributed by atoms with van der Waals surface area (Å²) in [4.78, 5) is 21.0. The number of nitrogens with one attached hydrogen (secondary N) is 1. The van der Waals surface area contributed by atoms with Gasteiger partial charge in [-0.1, -0.05) is 18.2 Å². The second kappa shape index (κ2) is 7.16. The van der Waals surface area contributed by atoms with Crippen LogP contribution in [0.15, 0.2) is 36.4 Å². The molecule has 2 saturated heterocycles. The minimum atomic E-state index is 0.0268. The Kier molecular flexibility index (Phi) is 4.39. The maximum absolute atomic E-state index is 13.5. The largest absolute Gasteiger partial charge is 0.349 e. The van der Waals surface area contributed by atoms with Gasteiger partial charge < -0.3 is 10.2 Å². The number of hydrogen-bond donors (Lipinski definition) is 1. The van der Waals surface area contributed by atoms with Crippen LogP contribution in [-0.2, 0) is 0 Å². The Bertz CT molecular complexity index is 1140. The van der Waals surface area contributed by atoms with E-state index in [1.54, 1.807) is 0 Å². The zero-order valence-corrected chi connectivity index (χ0v) is 18.2. The molecule has 2 aliphatic heterocycles. The summed E-state index contributed by atoms with van der Waals surface area (Å²) in [5, 5.41) is 9.04. The molecule has 3 fully saturated rings. The van der Waals surface area contributed by atoms with Crippen molar-refractivity contribution in [1.29, 1.82) is 0 Å². The first-order chi connectivity index (χ1) is 15.1. The number of piperidine rings is 1. The number of aryl methyl sites for hydroxylation is 1. The average molecular weight is 416 g/mol. The van der Waals surface area contributed by atoms with Crippen LogP contribution >= 0.6 is 0 Å². The molecule has 2 unspecified atom stereocenters. The van der Waals surface area contributed by atoms with E-state index in [1.165, 1.54) is 12.8 Å². The molecular formula is C25H29N5O. The van der Waals surface area contributed by atoms with Crippen LogP contribution in [0.4, 0.5) is 0 Å². The molecule has 2 bridgehead atoms. The molecule has 3 aromatic rings. The molecule has 2 aromatic heterocycles. The van der Waals surface area contributed by atoms with Gasteiger partial charge in [0.1, 0.15) is 0 Å². The number of hydrogen-bond acceptors (Lipinski definition) is 4. The van der Waals surface area contributed by atoms with Crippen LogP contribution in [0.5, 0.6) is 0 Å². The second-order valence-electron chi connectivity index (χ2n) is 9.59. The standard InChI is InChI=1S/C25H29N5O/c1-15-23-21(25(31)26-17-12-19-10-11-20(13-17)29(19)2)14-22(16-8-9-16)27-24(23)30(28-15)18-6-4-3-5-7-18/h3-7,14,16-17,19-20H,8-13H2,1-2H3,(H,26,31). The summed E-state index contributed by atoms with van der Waals surface area (Å²) in [6.45, 7) is 1.98. The predicted octanol–water partition coefficient (Wildman–Crippen LogP) is 3.96. The van der Waals surface area contributed by atoms with Crippen LogP contribution in [0.2, 0.25) is 0 Å². The molecule has 0 spiro atoms. The number of pyridine rings is 1. The molecule has 4 heterocycles. The lowest BCUT2D eigenvalue weighted by atomic mass is 9.97. The molecular weight excluding hydrogens is 386 g/mol. The Morgan fingerprint density at radius 3 is 2.45 bits per heavy atom. The Balaban J connectivity index is 1.39. The second-order valence-corrected chi connectivity index (χ2v) is 9.59. The first kappa shape index (κ1) is 19.0. The molecule has 1 aliphatic carbocycles. The first-order valence-corrected chi connectivity index (χ1v) is 11.6. The van der Waals surface area contributed by atoms with Gasteiger partial charge in [0.2, 0.25) is 0 Å². The molecule has 1 aromatic carbocycles. The zero-order chi connectivity index (χ0) is 21.1. The van der Waals surface area contributed by atoms with E-state index < -0.39 is 0 Å². The Hall–Kier alpha value is -2.73. The lowest BCUT2D eigenvalue weighted by Crippen LogP contribution is -2.48. The van der Waals surface area contributed by atoms with Crippen molar-refractivity contribution in [3.8, 4) is 5.69 Å². The third kappa shape index (κ3) is 3.24. The molecule has 1 amide bonds. The average Bonchev–Trinajstić information content (AvgIpc) is 3.55. The van der Waals surface area contributed by atoms with Crippen LogP contribution in [0, 0.1) is 6.92 Å². The summed E-state index contributed by atoms with van der Waals surface area (Å²) in [6.07, 6.45) is 6.89. The third-order valence-corrected chi connectivity index (χ3v) is 7.51. The highest BCUT2D eigenvalue weighted by atomic mass is 16.1. The number of benzene rings is 1. The van der Waals surface area contributed by atoms with Crippen molar-refractivity contribution in [2.45, 2.75) is 69.5 Å². The SMILES string of the molecule is Cc1nn(-c2ccccc2)c2nc(C3CC3)cc(C(=O)NC3CC4CCC(C3)N4C)c12. The topological polar surface area (TPSA) is 63.1 Å². The lowest BCUT2D eigenvalue weighted by Gasteiger charge is -2.36. The van der Waals surface area contributed by atoms with E-state index in [-0.39, 0.29) is 11.9 Å². The molecule has 1 N–H and O–H groups in total. The van der Waals surface area contributed by atoms with Crippen molar-refractivity contribution in [2.24, 2.45) is 0 Å². The molecule has 2 atom stereocenters. The molecule has 160 valence electrons. The van der Waals surface area contributed by atoms with Gasteiger partial charge in [0.05, 0.1) is 22.3 Å². The highest BCUT2D eigenvalue weighted by Gasteiger charge is 2.39. The number of carbonyl (C=O) groups is 1. The van der Waals surface area contributed by atoms with Crippen LogP contribution in [0.25, 0.3) is 16.7 Å². The maximum atomic E-state index is 13.5. The van der Waals surface area contributed by atoms with E-state index in [1.807, 2.05) is 48.0 Å². The maximum Gasteiger partial charge on any atom is 0.252 e. The van der Waals surface area contributed by atoms with Crippen molar-refractivity contribution in [2.75, 3.05) is 7.05 Å². The monoisotopic (exact) mass is 415 g/mol. The van der Waals surface area contributed by atoms with E-state index in [4.69, 9.17) is 10.1 Å². The van der Waals surface area contributed by atoms with Crippen LogP contribution in [-0.4, -0.2) is 50.7 Å². The van der Waals surface area contributed by atoms with E-state index in [0.717, 1.165) is 59.4 Å². The molecule has 6 rings (SSSR count). The molecule has 3 aliphatic rings. The zero-order valence-electron chi connectivity index (χ0n) is 18.2. The van der Waals surface area contributed by atoms with Crippen molar-refractivity contribution >= 4 is 16.9 Å². The Labute approximate surface area is 182 Å². The quantitative estimate of drug-likeness (QED) is 0.701. The fourth-order valence-corrected chi connectivity index (χ4v) is 5.62. The minimum Gasteiger partial charge on any atom is -0.349 e. The molecule has 0 radical (unpaired) electrons. The van der Waals surface area contributed by atoms with Crippen molar-refractivity contribution in [3.63, 3.8) is 0 Å². The number of aromatic nitrogens is 3. The smallest absolute Gasteiger partial charge is 0.252 e. The van der Waals surface area contributed by atoms with Gasteiger partial charge in [0, 0.05) is 29.7 Å². The van der Waals surface area contributed by atoms with Crippen molar-refractivity contribution in [3.05, 3.63) is 53.3 Å². The van der Waals surface area contributed by atoms with Gasteiger partial charge >= 0.3 is 0 Å². The summed E-state index contributed by atoms with van der Waals surface area (Å²) in [6, 6.07) is 13.6. The summed E-state index contributed by atoms with van der Waals surface area (Å²) in [5.74, 6) is 0.494. The number of para-hydroxylation sites is 1. The summed E-state index contributed by atoms with van der Waals surface area (Å²) in [7, 11) is 2.23. The number of fused-ring (bicyclic) bond motifs is 3. The van der Waals surface area contributed by atoms with Gasteiger partial charge in [0.25, 0.3) is 5.91 Å². The first-order valence-electron chi connectivity index (χ1n) is 11.6. The molecule has 6 heteroatoms. The van der Waals surface area contributed by atoms with Gasteiger partial charge in [0.15, 0.2) is 5.65 Å². The molecule has 6 nitrogen and oxygen atoms in total. The Morgan fingerprint density at radius 2 is 1.77 bits per heavy atom. The molecule has 1 saturated carbocycles. The van der Waals surface area contributed by atoms with Crippen LogP contribution in [0.1, 0.15) is 66.2 Å². The summed E-state index contributed by atoms with van der Waals surface area (Å²) >= 11 is 0. The van der Waals surface area contributed by atoms with E-state index in [9.17, 15) is 4.79 Å². The normalized spacial score (nSPS) is 25.8. The van der Waals surface area contributed by atoms with Crippen molar-refractivity contribution < 1.29 is 4.79 Å². The van der Waals surface area contributed by atoms with E-state index >= 15 is 0 Å². The predicted molar refractivity (Wildman–Crippen MR) is 121 cm³/mol. The van der Waals surface area contributed by atoms with Gasteiger partial charge in [-0.15, -0.1) is 0 Å². The van der Waals surface area contributed by atoms with Gasteiger partial charge in [-0.3, -0.25) is 4.79 Å². The number of nitrogens with zero attached hydrogens (tertiary/aromatic N) is 4. The number of amides is 1. The highest BCUT2D eigenvalue weighted by molar-refractivity contribution is 6.07. The third-order valence-electron chi connectivity index (χ3n) is 7.51. The fourth-order valence-electron chi connectivity index (χ4n) is 5.62. The summed E-state index contributed by atoms with van der Waals surface area (Å²) < 4.78 is 1.89. The minimum absolute atomic E-state index is 0.0268. The fraction of sp³-hybridized carbons (Fsp3) is 0.480. The van der Waals surface area contributed by atoms with E-state index in [0.29, 0.717) is 18.0 Å². The lowest BCUT2D eigenvalue weighted by molar-refractivity contribution is 0.0884. The van der Waals surface area contributed by atoms with Gasteiger partial charge in [-0.05, 0) is 70.7 Å². The van der Waals surface area contributed by atoms with Gasteiger partial charge in [-0.2, -0.15) is 5.10 Å². The van der Waals surface area contributed by atoms with Crippen LogP contribution in [0.3, 0.4) is 0 Å². The Morgan fingerprint density at radius 1 is 1.06 bits per heavy atom. The number of carbonyl (C=O) groups excluding carboxylic acids is 1. The van der Waals surface area contributed by atoms with Crippen molar-refractivity contribution in [1.82, 2.24) is 25.0 Å². The van der Waals surface area contributed by atoms with Gasteiger partial charge in [-0.25, -0.2) is 9.67 Å². The number of rotatable bonds is 4. The van der Waals surface area contributed by atoms with Crippen LogP contribution < -0.4 is 5.32 Å². The molecule has 31 heavy (non-hydrogen) atoms. The highest BCUT2D eigenvalue weighted by Crippen LogP contribution is 2.41. The van der Waals surface area contributed by atoms with E-state index in [2.05, 4.69) is 17.3 Å². The summed E-state index contributed by atoms with van der Waals surface area (Å²) in [5.41, 5.74) is 4.37.